The Labute approximate surface area is 203 Å². The summed E-state index contributed by atoms with van der Waals surface area (Å²) in [5.74, 6) is -0.810. The van der Waals surface area contributed by atoms with E-state index in [4.69, 9.17) is 0 Å². The molecule has 5 aromatic rings. The Morgan fingerprint density at radius 1 is 0.882 bits per heavy atom. The molecular formula is C25H18BrFN6O. The number of hydrogen-bond acceptors (Lipinski definition) is 6. The third kappa shape index (κ3) is 5.62. The number of halogens is 2. The normalized spacial score (nSPS) is 10.3. The topological polar surface area (TPSA) is 86.5 Å². The molecule has 0 amide bonds. The minimum atomic E-state index is -0.535. The highest BCUT2D eigenvalue weighted by atomic mass is 79.9. The summed E-state index contributed by atoms with van der Waals surface area (Å²) in [7, 11) is 0. The molecule has 5 rings (SSSR count). The number of aromatic nitrogens is 6. The van der Waals surface area contributed by atoms with E-state index in [9.17, 15) is 9.18 Å². The van der Waals surface area contributed by atoms with Crippen LogP contribution in [0.5, 0.6) is 0 Å². The number of ketones is 1. The van der Waals surface area contributed by atoms with Gasteiger partial charge in [-0.1, -0.05) is 12.1 Å². The second-order valence-corrected chi connectivity index (χ2v) is 7.93. The average molecular weight is 517 g/mol. The van der Waals surface area contributed by atoms with Crippen molar-refractivity contribution in [1.82, 2.24) is 29.5 Å². The van der Waals surface area contributed by atoms with Crippen LogP contribution in [0.15, 0.2) is 96.5 Å². The van der Waals surface area contributed by atoms with E-state index in [1.54, 1.807) is 53.4 Å². The third-order valence-corrected chi connectivity index (χ3v) is 5.11. The van der Waals surface area contributed by atoms with Gasteiger partial charge in [-0.05, 0) is 76.4 Å². The van der Waals surface area contributed by atoms with Crippen molar-refractivity contribution in [3.63, 3.8) is 0 Å². The highest BCUT2D eigenvalue weighted by Gasteiger charge is 2.15. The summed E-state index contributed by atoms with van der Waals surface area (Å²) in [6, 6.07) is 16.2. The molecule has 34 heavy (non-hydrogen) atoms. The van der Waals surface area contributed by atoms with E-state index in [1.165, 1.54) is 30.5 Å². The van der Waals surface area contributed by atoms with E-state index < -0.39 is 5.95 Å². The molecule has 4 aromatic heterocycles. The van der Waals surface area contributed by atoms with Gasteiger partial charge in [0.15, 0.2) is 0 Å². The molecule has 0 aliphatic carbocycles. The Morgan fingerprint density at radius 3 is 2.38 bits per heavy atom. The monoisotopic (exact) mass is 516 g/mol. The van der Waals surface area contributed by atoms with Gasteiger partial charge in [0.2, 0.25) is 17.6 Å². The lowest BCUT2D eigenvalue weighted by atomic mass is 10.1. The second-order valence-electron chi connectivity index (χ2n) is 7.12. The lowest BCUT2D eigenvalue weighted by molar-refractivity contribution is 0.102. The van der Waals surface area contributed by atoms with E-state index in [0.717, 1.165) is 10.3 Å². The highest BCUT2D eigenvalue weighted by Crippen LogP contribution is 2.23. The van der Waals surface area contributed by atoms with Crippen molar-refractivity contribution < 1.29 is 9.18 Å². The fraction of sp³-hybridized carbons (Fsp3) is 0.0400. The minimum absolute atomic E-state index is 0.0870. The Balaban J connectivity index is 0.000000291. The van der Waals surface area contributed by atoms with Crippen LogP contribution >= 0.6 is 15.9 Å². The van der Waals surface area contributed by atoms with Gasteiger partial charge < -0.3 is 4.57 Å². The van der Waals surface area contributed by atoms with Gasteiger partial charge in [0.05, 0.1) is 0 Å². The number of pyridine rings is 2. The zero-order valence-corrected chi connectivity index (χ0v) is 19.6. The predicted molar refractivity (Wildman–Crippen MR) is 129 cm³/mol. The van der Waals surface area contributed by atoms with Crippen molar-refractivity contribution in [3.05, 3.63) is 120 Å². The Bertz CT molecular complexity index is 1410. The van der Waals surface area contributed by atoms with Crippen LogP contribution < -0.4 is 0 Å². The number of nitrogens with zero attached hydrogens (tertiary/aromatic N) is 6. The van der Waals surface area contributed by atoms with Gasteiger partial charge in [-0.2, -0.15) is 4.39 Å². The molecule has 0 saturated carbocycles. The van der Waals surface area contributed by atoms with E-state index in [0.29, 0.717) is 11.1 Å². The summed E-state index contributed by atoms with van der Waals surface area (Å²) in [5.41, 5.74) is 3.29. The number of hydrogen-bond donors (Lipinski definition) is 0. The van der Waals surface area contributed by atoms with Gasteiger partial charge in [-0.3, -0.25) is 4.79 Å². The van der Waals surface area contributed by atoms with Crippen LogP contribution in [0.3, 0.4) is 0 Å². The molecule has 1 aromatic carbocycles. The maximum absolute atomic E-state index is 13.9. The Morgan fingerprint density at radius 2 is 1.68 bits per heavy atom. The first-order valence-corrected chi connectivity index (χ1v) is 11.0. The van der Waals surface area contributed by atoms with E-state index in [1.807, 2.05) is 25.1 Å². The zero-order chi connectivity index (χ0) is 23.9. The van der Waals surface area contributed by atoms with Crippen LogP contribution in [0.4, 0.5) is 4.39 Å². The molecule has 0 spiro atoms. The van der Waals surface area contributed by atoms with Crippen LogP contribution in [-0.4, -0.2) is 35.3 Å². The molecule has 0 N–H and O–H groups in total. The number of carbonyl (C=O) groups excluding carboxylic acids is 1. The third-order valence-electron chi connectivity index (χ3n) is 4.68. The van der Waals surface area contributed by atoms with Gasteiger partial charge in [-0.25, -0.2) is 24.9 Å². The number of benzene rings is 1. The molecule has 0 saturated heterocycles. The molecule has 7 nitrogen and oxygen atoms in total. The van der Waals surface area contributed by atoms with Crippen molar-refractivity contribution in [1.29, 1.82) is 0 Å². The van der Waals surface area contributed by atoms with Crippen molar-refractivity contribution in [3.8, 4) is 16.8 Å². The lowest BCUT2D eigenvalue weighted by Gasteiger charge is -2.06. The van der Waals surface area contributed by atoms with Crippen LogP contribution in [0.2, 0.25) is 0 Å². The van der Waals surface area contributed by atoms with Crippen molar-refractivity contribution in [2.45, 2.75) is 6.92 Å². The molecule has 4 heterocycles. The summed E-state index contributed by atoms with van der Waals surface area (Å²) in [6.07, 6.45) is 9.31. The highest BCUT2D eigenvalue weighted by molar-refractivity contribution is 9.10. The number of aryl methyl sites for hydroxylation is 1. The molecule has 0 aliphatic rings. The molecule has 0 bridgehead atoms. The lowest BCUT2D eigenvalue weighted by Crippen LogP contribution is -2.06. The summed E-state index contributed by atoms with van der Waals surface area (Å²) in [5, 5.41) is 0. The molecule has 0 fully saturated rings. The van der Waals surface area contributed by atoms with Crippen LogP contribution in [0.25, 0.3) is 16.8 Å². The molecule has 0 radical (unpaired) electrons. The molecule has 0 atom stereocenters. The summed E-state index contributed by atoms with van der Waals surface area (Å²) >= 11 is 3.25. The van der Waals surface area contributed by atoms with Gasteiger partial charge >= 0.3 is 0 Å². The quantitative estimate of drug-likeness (QED) is 0.239. The minimum Gasteiger partial charge on any atom is -0.306 e. The number of rotatable bonds is 4. The van der Waals surface area contributed by atoms with Crippen LogP contribution in [0, 0.1) is 12.9 Å². The number of imidazole rings is 1. The summed E-state index contributed by atoms with van der Waals surface area (Å²) < 4.78 is 16.5. The second kappa shape index (κ2) is 10.7. The smallest absolute Gasteiger partial charge is 0.250 e. The molecule has 0 unspecified atom stereocenters. The Kier molecular flexibility index (Phi) is 7.24. The van der Waals surface area contributed by atoms with Crippen molar-refractivity contribution in [2.24, 2.45) is 0 Å². The first kappa shape index (κ1) is 23.1. The standard InChI is InChI=1S/C19H12FN5O.C6H6BrN/c20-18-15(6-2-7-21-18)13-4-1-5-14(10-13)25-11-16(24-12-25)17(26)19-22-8-3-9-23-19;1-5-2-3-8-6(7)4-5/h1-12H;2-4H,1H3. The molecule has 168 valence electrons. The SMILES string of the molecule is Cc1ccnc(Br)c1.O=C(c1cn(-c2cccc(-c3cccnc3F)c2)cn1)c1ncccn1. The first-order valence-electron chi connectivity index (χ1n) is 10.2. The summed E-state index contributed by atoms with van der Waals surface area (Å²) in [6.45, 7) is 2.03. The summed E-state index contributed by atoms with van der Waals surface area (Å²) in [4.78, 5) is 32.0. The van der Waals surface area contributed by atoms with Crippen LogP contribution in [-0.2, 0) is 0 Å². The van der Waals surface area contributed by atoms with E-state index in [-0.39, 0.29) is 17.3 Å². The fourth-order valence-electron chi connectivity index (χ4n) is 3.05. The first-order chi connectivity index (χ1) is 16.5. The Hall–Kier alpha value is -4.11. The molecule has 9 heteroatoms. The van der Waals surface area contributed by atoms with Crippen LogP contribution in [0.1, 0.15) is 21.9 Å². The zero-order valence-electron chi connectivity index (χ0n) is 18.0. The van der Waals surface area contributed by atoms with E-state index in [2.05, 4.69) is 40.8 Å². The predicted octanol–water partition coefficient (Wildman–Crippen LogP) is 5.25. The van der Waals surface area contributed by atoms with Gasteiger partial charge in [0.25, 0.3) is 0 Å². The van der Waals surface area contributed by atoms with Gasteiger partial charge in [-0.15, -0.1) is 0 Å². The van der Waals surface area contributed by atoms with Crippen molar-refractivity contribution in [2.75, 3.05) is 0 Å². The number of carbonyl (C=O) groups is 1. The van der Waals surface area contributed by atoms with Gasteiger partial charge in [0.1, 0.15) is 16.6 Å². The maximum Gasteiger partial charge on any atom is 0.250 e. The molecule has 0 aliphatic heterocycles. The maximum atomic E-state index is 13.9. The fourth-order valence-corrected chi connectivity index (χ4v) is 3.53. The molecular weight excluding hydrogens is 499 g/mol. The average Bonchev–Trinajstić information content (AvgIpc) is 3.35. The van der Waals surface area contributed by atoms with Gasteiger partial charge in [0, 0.05) is 42.2 Å². The van der Waals surface area contributed by atoms with Crippen molar-refractivity contribution >= 4 is 21.7 Å². The largest absolute Gasteiger partial charge is 0.306 e. The van der Waals surface area contributed by atoms with E-state index >= 15 is 0 Å².